The zero-order valence-corrected chi connectivity index (χ0v) is 15.1. The fourth-order valence-electron chi connectivity index (χ4n) is 2.37. The van der Waals surface area contributed by atoms with Crippen LogP contribution in [0.2, 0.25) is 0 Å². The van der Waals surface area contributed by atoms with Gasteiger partial charge in [-0.25, -0.2) is 0 Å². The lowest BCUT2D eigenvalue weighted by Gasteiger charge is -2.05. The number of anilines is 1. The van der Waals surface area contributed by atoms with E-state index >= 15 is 0 Å². The molecule has 0 bridgehead atoms. The molecule has 2 heterocycles. The highest BCUT2D eigenvalue weighted by Gasteiger charge is 2.16. The van der Waals surface area contributed by atoms with E-state index in [1.165, 1.54) is 11.1 Å². The van der Waals surface area contributed by atoms with Gasteiger partial charge in [0.1, 0.15) is 0 Å². The van der Waals surface area contributed by atoms with E-state index in [-0.39, 0.29) is 5.91 Å². The van der Waals surface area contributed by atoms with Crippen LogP contribution in [0, 0.1) is 6.92 Å². The predicted molar refractivity (Wildman–Crippen MR) is 96.1 cm³/mol. The first-order valence-corrected chi connectivity index (χ1v) is 8.48. The van der Waals surface area contributed by atoms with Gasteiger partial charge < -0.3 is 5.32 Å². The molecule has 24 heavy (non-hydrogen) atoms. The SMILES string of the molecule is CCn1cc(Br)c(C(=O)Nc2ccn(Cc3ccccc3C)n2)n1. The Labute approximate surface area is 148 Å². The minimum atomic E-state index is -0.282. The summed E-state index contributed by atoms with van der Waals surface area (Å²) in [6, 6.07) is 9.95. The van der Waals surface area contributed by atoms with Gasteiger partial charge >= 0.3 is 0 Å². The number of amides is 1. The van der Waals surface area contributed by atoms with Gasteiger partial charge in [0.25, 0.3) is 5.91 Å². The lowest BCUT2D eigenvalue weighted by atomic mass is 10.1. The maximum absolute atomic E-state index is 12.3. The molecule has 6 nitrogen and oxygen atoms in total. The first-order valence-electron chi connectivity index (χ1n) is 7.69. The van der Waals surface area contributed by atoms with E-state index in [9.17, 15) is 4.79 Å². The van der Waals surface area contributed by atoms with Gasteiger partial charge in [0.15, 0.2) is 11.5 Å². The molecule has 0 radical (unpaired) electrons. The van der Waals surface area contributed by atoms with E-state index in [0.717, 1.165) is 0 Å². The molecule has 3 rings (SSSR count). The molecule has 124 valence electrons. The van der Waals surface area contributed by atoms with Crippen LogP contribution in [0.25, 0.3) is 0 Å². The Morgan fingerprint density at radius 2 is 2.00 bits per heavy atom. The second-order valence-corrected chi connectivity index (χ2v) is 6.31. The second-order valence-electron chi connectivity index (χ2n) is 5.46. The van der Waals surface area contributed by atoms with Gasteiger partial charge in [-0.15, -0.1) is 0 Å². The summed E-state index contributed by atoms with van der Waals surface area (Å²) in [5.74, 6) is 0.224. The molecule has 0 atom stereocenters. The standard InChI is InChI=1S/C17H18BrN5O/c1-3-22-11-14(18)16(21-22)17(24)19-15-8-9-23(20-15)10-13-7-5-4-6-12(13)2/h4-9,11H,3,10H2,1-2H3,(H,19,20,24). The molecule has 0 aliphatic carbocycles. The Bertz CT molecular complexity index is 868. The van der Waals surface area contributed by atoms with Crippen LogP contribution in [0.15, 0.2) is 47.2 Å². The number of hydrogen-bond acceptors (Lipinski definition) is 3. The largest absolute Gasteiger partial charge is 0.304 e. The molecule has 0 unspecified atom stereocenters. The van der Waals surface area contributed by atoms with Crippen molar-refractivity contribution in [3.8, 4) is 0 Å². The Balaban J connectivity index is 1.70. The fraction of sp³-hybridized carbons (Fsp3) is 0.235. The second kappa shape index (κ2) is 7.00. The van der Waals surface area contributed by atoms with Gasteiger partial charge in [0, 0.05) is 25.0 Å². The normalized spacial score (nSPS) is 10.8. The first-order chi connectivity index (χ1) is 11.6. The molecular formula is C17H18BrN5O. The van der Waals surface area contributed by atoms with E-state index in [4.69, 9.17) is 0 Å². The van der Waals surface area contributed by atoms with Crippen LogP contribution in [0.3, 0.4) is 0 Å². The Morgan fingerprint density at radius 3 is 2.71 bits per heavy atom. The minimum Gasteiger partial charge on any atom is -0.304 e. The van der Waals surface area contributed by atoms with Gasteiger partial charge in [-0.2, -0.15) is 10.2 Å². The van der Waals surface area contributed by atoms with Crippen molar-refractivity contribution < 1.29 is 4.79 Å². The van der Waals surface area contributed by atoms with Crippen molar-refractivity contribution in [2.45, 2.75) is 26.9 Å². The van der Waals surface area contributed by atoms with Gasteiger partial charge in [-0.05, 0) is 40.9 Å². The maximum Gasteiger partial charge on any atom is 0.278 e. The average Bonchev–Trinajstić information content (AvgIpc) is 3.16. The molecule has 3 aromatic rings. The van der Waals surface area contributed by atoms with E-state index in [2.05, 4.69) is 50.5 Å². The van der Waals surface area contributed by atoms with Crippen LogP contribution < -0.4 is 5.32 Å². The Morgan fingerprint density at radius 1 is 1.21 bits per heavy atom. The summed E-state index contributed by atoms with van der Waals surface area (Å²) in [5.41, 5.74) is 2.76. The molecule has 0 aliphatic rings. The van der Waals surface area contributed by atoms with Gasteiger partial charge in [-0.1, -0.05) is 24.3 Å². The topological polar surface area (TPSA) is 64.7 Å². The summed E-state index contributed by atoms with van der Waals surface area (Å²) in [5, 5.41) is 11.4. The van der Waals surface area contributed by atoms with Gasteiger partial charge in [-0.3, -0.25) is 14.2 Å². The molecule has 1 amide bonds. The summed E-state index contributed by atoms with van der Waals surface area (Å²) in [6.07, 6.45) is 3.63. The summed E-state index contributed by atoms with van der Waals surface area (Å²) < 4.78 is 4.18. The molecule has 2 aromatic heterocycles. The molecule has 7 heteroatoms. The monoisotopic (exact) mass is 387 g/mol. The third kappa shape index (κ3) is 3.56. The molecule has 0 aliphatic heterocycles. The number of rotatable bonds is 5. The fourth-order valence-corrected chi connectivity index (χ4v) is 2.86. The summed E-state index contributed by atoms with van der Waals surface area (Å²) in [4.78, 5) is 12.3. The third-order valence-electron chi connectivity index (χ3n) is 3.73. The first kappa shape index (κ1) is 16.4. The van der Waals surface area contributed by atoms with Crippen LogP contribution in [0.1, 0.15) is 28.5 Å². The van der Waals surface area contributed by atoms with Crippen molar-refractivity contribution in [2.24, 2.45) is 0 Å². The smallest absolute Gasteiger partial charge is 0.278 e. The van der Waals surface area contributed by atoms with Crippen LogP contribution in [0.5, 0.6) is 0 Å². The molecule has 1 aromatic carbocycles. The average molecular weight is 388 g/mol. The zero-order valence-electron chi connectivity index (χ0n) is 13.5. The molecule has 0 saturated heterocycles. The van der Waals surface area contributed by atoms with E-state index in [1.54, 1.807) is 21.6 Å². The van der Waals surface area contributed by atoms with Crippen LogP contribution >= 0.6 is 15.9 Å². The highest BCUT2D eigenvalue weighted by molar-refractivity contribution is 9.10. The number of aromatic nitrogens is 4. The van der Waals surface area contributed by atoms with Crippen molar-refractivity contribution in [3.63, 3.8) is 0 Å². The predicted octanol–water partition coefficient (Wildman–Crippen LogP) is 3.47. The van der Waals surface area contributed by atoms with Crippen LogP contribution in [0.4, 0.5) is 5.82 Å². The van der Waals surface area contributed by atoms with Crippen LogP contribution in [-0.4, -0.2) is 25.5 Å². The van der Waals surface area contributed by atoms with E-state index < -0.39 is 0 Å². The third-order valence-corrected chi connectivity index (χ3v) is 4.31. The number of carbonyl (C=O) groups excluding carboxylic acids is 1. The van der Waals surface area contributed by atoms with Gasteiger partial charge in [0.2, 0.25) is 0 Å². The van der Waals surface area contributed by atoms with Crippen molar-refractivity contribution in [2.75, 3.05) is 5.32 Å². The quantitative estimate of drug-likeness (QED) is 0.728. The molecule has 0 fully saturated rings. The number of aryl methyl sites for hydroxylation is 2. The number of halogens is 1. The van der Waals surface area contributed by atoms with Gasteiger partial charge in [0.05, 0.1) is 11.0 Å². The van der Waals surface area contributed by atoms with E-state index in [1.807, 2.05) is 25.3 Å². The van der Waals surface area contributed by atoms with Crippen molar-refractivity contribution in [3.05, 3.63) is 64.0 Å². The van der Waals surface area contributed by atoms with Crippen LogP contribution in [-0.2, 0) is 13.1 Å². The lowest BCUT2D eigenvalue weighted by Crippen LogP contribution is -2.14. The highest BCUT2D eigenvalue weighted by Crippen LogP contribution is 2.17. The van der Waals surface area contributed by atoms with Crippen molar-refractivity contribution in [1.29, 1.82) is 0 Å². The molecular weight excluding hydrogens is 370 g/mol. The molecule has 0 saturated carbocycles. The molecule has 1 N–H and O–H groups in total. The number of nitrogens with zero attached hydrogens (tertiary/aromatic N) is 4. The highest BCUT2D eigenvalue weighted by atomic mass is 79.9. The summed E-state index contributed by atoms with van der Waals surface area (Å²) in [6.45, 7) is 5.41. The Kier molecular flexibility index (Phi) is 4.80. The molecule has 0 spiro atoms. The Hall–Kier alpha value is -2.41. The lowest BCUT2D eigenvalue weighted by molar-refractivity contribution is 0.102. The number of hydrogen-bond donors (Lipinski definition) is 1. The van der Waals surface area contributed by atoms with Crippen molar-refractivity contribution in [1.82, 2.24) is 19.6 Å². The minimum absolute atomic E-state index is 0.282. The number of nitrogens with one attached hydrogen (secondary N) is 1. The number of carbonyl (C=O) groups is 1. The maximum atomic E-state index is 12.3. The zero-order chi connectivity index (χ0) is 17.1. The summed E-state index contributed by atoms with van der Waals surface area (Å²) in [7, 11) is 0. The van der Waals surface area contributed by atoms with E-state index in [0.29, 0.717) is 29.1 Å². The van der Waals surface area contributed by atoms with Crippen molar-refractivity contribution >= 4 is 27.7 Å². The summed E-state index contributed by atoms with van der Waals surface area (Å²) >= 11 is 3.36. The number of benzene rings is 1.